The van der Waals surface area contributed by atoms with Gasteiger partial charge in [-0.2, -0.15) is 0 Å². The van der Waals surface area contributed by atoms with E-state index in [4.69, 9.17) is 4.74 Å². The number of carbonyl (C=O) groups is 1. The van der Waals surface area contributed by atoms with Gasteiger partial charge in [0.2, 0.25) is 0 Å². The number of carbonyl (C=O) groups excluding carboxylic acids is 1. The molecule has 1 spiro atoms. The van der Waals surface area contributed by atoms with Crippen LogP contribution in [0.1, 0.15) is 27.0 Å². The SMILES string of the molecule is [CH3][Ge]1([CH3])[c]2cc(N3CC(O)C3)ccc2C2(OC(=O)c3ccccc32)c2ccc(N3CC(O)C3)c[c]21. The second kappa shape index (κ2) is 7.12. The number of hydrogen-bond acceptors (Lipinski definition) is 6. The van der Waals surface area contributed by atoms with E-state index in [1.807, 2.05) is 24.3 Å². The van der Waals surface area contributed by atoms with Gasteiger partial charge < -0.3 is 0 Å². The van der Waals surface area contributed by atoms with Crippen molar-refractivity contribution in [2.45, 2.75) is 29.3 Å². The Bertz CT molecular complexity index is 1320. The van der Waals surface area contributed by atoms with Gasteiger partial charge in [0.15, 0.2) is 0 Å². The minimum atomic E-state index is -2.85. The molecule has 7 heteroatoms. The first-order valence-corrected chi connectivity index (χ1v) is 18.6. The van der Waals surface area contributed by atoms with Gasteiger partial charge in [-0.3, -0.25) is 0 Å². The van der Waals surface area contributed by atoms with Gasteiger partial charge in [0, 0.05) is 0 Å². The van der Waals surface area contributed by atoms with Crippen LogP contribution in [0, 0.1) is 0 Å². The molecule has 0 aliphatic carbocycles. The normalized spacial score (nSPS) is 21.7. The Balaban J connectivity index is 1.48. The van der Waals surface area contributed by atoms with Crippen LogP contribution in [0.5, 0.6) is 0 Å². The third kappa shape index (κ3) is 2.81. The maximum atomic E-state index is 13.2. The molecule has 4 aliphatic heterocycles. The Morgan fingerprint density at radius 2 is 1.31 bits per heavy atom. The van der Waals surface area contributed by atoms with Crippen LogP contribution in [0.25, 0.3) is 0 Å². The van der Waals surface area contributed by atoms with E-state index in [0.717, 1.165) is 28.1 Å². The molecule has 4 aliphatic rings. The predicted molar refractivity (Wildman–Crippen MR) is 138 cm³/mol. The summed E-state index contributed by atoms with van der Waals surface area (Å²) in [6, 6.07) is 20.9. The van der Waals surface area contributed by atoms with Crippen molar-refractivity contribution in [3.63, 3.8) is 0 Å². The molecule has 0 unspecified atom stereocenters. The van der Waals surface area contributed by atoms with Gasteiger partial charge in [-0.1, -0.05) is 0 Å². The second-order valence-corrected chi connectivity index (χ2v) is 19.9. The number of aliphatic hydroxyl groups excluding tert-OH is 2. The molecule has 3 aromatic rings. The van der Waals surface area contributed by atoms with Crippen LogP contribution in [0.3, 0.4) is 0 Å². The first-order valence-electron chi connectivity index (χ1n) is 12.3. The summed E-state index contributed by atoms with van der Waals surface area (Å²) >= 11 is -2.85. The molecule has 178 valence electrons. The molecule has 0 aromatic heterocycles. The summed E-state index contributed by atoms with van der Waals surface area (Å²) < 4.78 is 9.02. The molecule has 2 fully saturated rings. The molecule has 0 bridgehead atoms. The van der Waals surface area contributed by atoms with Crippen molar-refractivity contribution >= 4 is 39.4 Å². The molecule has 0 amide bonds. The summed E-state index contributed by atoms with van der Waals surface area (Å²) in [4.78, 5) is 17.6. The van der Waals surface area contributed by atoms with E-state index in [9.17, 15) is 15.0 Å². The number of rotatable bonds is 2. The van der Waals surface area contributed by atoms with Crippen LogP contribution in [-0.2, 0) is 10.3 Å². The van der Waals surface area contributed by atoms with E-state index in [1.165, 1.54) is 8.79 Å². The summed E-state index contributed by atoms with van der Waals surface area (Å²) in [5.74, 6) is 4.54. The van der Waals surface area contributed by atoms with Gasteiger partial charge >= 0.3 is 207 Å². The molecule has 7 rings (SSSR count). The number of ether oxygens (including phenoxy) is 1. The zero-order valence-electron chi connectivity index (χ0n) is 19.9. The standard InChI is InChI=1S/C28H28GeN2O4/c1-29(2)25-11-17(30-13-19(32)14-30)7-9-23(25)28(22-6-4-3-5-21(22)27(34)35-28)24-10-8-18(12-26(24)29)31-15-20(33)16-31/h3-12,19-20,32-33H,13-16H2,1-2H3. The van der Waals surface area contributed by atoms with Crippen molar-refractivity contribution in [2.24, 2.45) is 0 Å². The number of aliphatic hydroxyl groups is 2. The van der Waals surface area contributed by atoms with Crippen molar-refractivity contribution in [2.75, 3.05) is 36.0 Å². The summed E-state index contributed by atoms with van der Waals surface area (Å²) in [5, 5.41) is 19.8. The fourth-order valence-corrected chi connectivity index (χ4v) is 13.0. The summed E-state index contributed by atoms with van der Waals surface area (Å²) in [6.45, 7) is 2.58. The summed E-state index contributed by atoms with van der Waals surface area (Å²) in [5.41, 5.74) is 4.96. The molecule has 0 radical (unpaired) electrons. The van der Waals surface area contributed by atoms with Gasteiger partial charge in [-0.05, 0) is 0 Å². The molecule has 6 nitrogen and oxygen atoms in total. The van der Waals surface area contributed by atoms with E-state index in [1.54, 1.807) is 0 Å². The van der Waals surface area contributed by atoms with Crippen LogP contribution in [-0.4, -0.2) is 67.8 Å². The van der Waals surface area contributed by atoms with Gasteiger partial charge in [-0.25, -0.2) is 0 Å². The first kappa shape index (κ1) is 21.5. The molecule has 0 atom stereocenters. The zero-order valence-corrected chi connectivity index (χ0v) is 22.0. The number of nitrogens with zero attached hydrogens (tertiary/aromatic N) is 2. The van der Waals surface area contributed by atoms with Crippen LogP contribution < -0.4 is 18.6 Å². The Kier molecular flexibility index (Phi) is 4.37. The molecule has 3 aromatic carbocycles. The summed E-state index contributed by atoms with van der Waals surface area (Å²) in [6.07, 6.45) is -0.547. The number of hydrogen-bond donors (Lipinski definition) is 2. The molecule has 0 saturated carbocycles. The fourth-order valence-electron chi connectivity index (χ4n) is 6.35. The quantitative estimate of drug-likeness (QED) is 0.389. The van der Waals surface area contributed by atoms with Crippen molar-refractivity contribution in [3.8, 4) is 0 Å². The van der Waals surface area contributed by atoms with Crippen LogP contribution in [0.2, 0.25) is 11.5 Å². The Hall–Kier alpha value is -2.81. The van der Waals surface area contributed by atoms with Crippen molar-refractivity contribution in [1.82, 2.24) is 0 Å². The third-order valence-corrected chi connectivity index (χ3v) is 15.7. The number of benzene rings is 3. The first-order chi connectivity index (χ1) is 16.8. The van der Waals surface area contributed by atoms with Crippen molar-refractivity contribution in [1.29, 1.82) is 0 Å². The van der Waals surface area contributed by atoms with Crippen LogP contribution in [0.4, 0.5) is 11.4 Å². The third-order valence-electron chi connectivity index (χ3n) is 8.34. The van der Waals surface area contributed by atoms with Crippen molar-refractivity contribution in [3.05, 3.63) is 82.9 Å². The van der Waals surface area contributed by atoms with E-state index in [-0.39, 0.29) is 18.2 Å². The monoisotopic (exact) mass is 530 g/mol. The molecule has 35 heavy (non-hydrogen) atoms. The van der Waals surface area contributed by atoms with Gasteiger partial charge in [0.05, 0.1) is 0 Å². The van der Waals surface area contributed by atoms with Gasteiger partial charge in [0.25, 0.3) is 0 Å². The molecule has 2 saturated heterocycles. The zero-order chi connectivity index (χ0) is 24.1. The van der Waals surface area contributed by atoms with Crippen LogP contribution in [0.15, 0.2) is 60.7 Å². The molecular formula is C28H28GeN2O4. The Labute approximate surface area is 207 Å². The van der Waals surface area contributed by atoms with Gasteiger partial charge in [-0.15, -0.1) is 0 Å². The molecular weight excluding hydrogens is 501 g/mol. The van der Waals surface area contributed by atoms with Gasteiger partial charge in [0.1, 0.15) is 0 Å². The number of anilines is 2. The minimum absolute atomic E-state index is 0.273. The number of fused-ring (bicyclic) bond motifs is 6. The van der Waals surface area contributed by atoms with Crippen LogP contribution >= 0.6 is 0 Å². The van der Waals surface area contributed by atoms with E-state index in [0.29, 0.717) is 31.7 Å². The number of β-amino-alcohol motifs (C(OH)–C–C–N with tert-alkyl or cyclic N) is 2. The van der Waals surface area contributed by atoms with Crippen molar-refractivity contribution < 1.29 is 19.7 Å². The Morgan fingerprint density at radius 3 is 1.83 bits per heavy atom. The number of esters is 1. The van der Waals surface area contributed by atoms with E-state index < -0.39 is 18.9 Å². The molecule has 4 heterocycles. The molecule has 2 N–H and O–H groups in total. The topological polar surface area (TPSA) is 73.2 Å². The maximum absolute atomic E-state index is 13.2. The van der Waals surface area contributed by atoms with E-state index >= 15 is 0 Å². The van der Waals surface area contributed by atoms with E-state index in [2.05, 4.69) is 57.7 Å². The Morgan fingerprint density at radius 1 is 0.800 bits per heavy atom. The predicted octanol–water partition coefficient (Wildman–Crippen LogP) is 1.65. The average molecular weight is 529 g/mol. The average Bonchev–Trinajstić information content (AvgIpc) is 3.12. The summed E-state index contributed by atoms with van der Waals surface area (Å²) in [7, 11) is 0. The second-order valence-electron chi connectivity index (χ2n) is 10.8. The fraction of sp³-hybridized carbons (Fsp3) is 0.321.